The van der Waals surface area contributed by atoms with E-state index in [2.05, 4.69) is 12.2 Å². The second-order valence-corrected chi connectivity index (χ2v) is 3.55. The van der Waals surface area contributed by atoms with Gasteiger partial charge in [-0.05, 0) is 37.0 Å². The topological polar surface area (TPSA) is 20.2 Å². The van der Waals surface area contributed by atoms with Gasteiger partial charge in [-0.2, -0.15) is 0 Å². The average molecular weight is 138 g/mol. The van der Waals surface area contributed by atoms with Crippen LogP contribution >= 0.6 is 0 Å². The molecular weight excluding hydrogens is 124 g/mol. The maximum atomic E-state index is 8.73. The summed E-state index contributed by atoms with van der Waals surface area (Å²) in [5.41, 5.74) is 0. The lowest BCUT2D eigenvalue weighted by atomic mass is 9.91. The number of rotatable bonds is 2. The van der Waals surface area contributed by atoms with Gasteiger partial charge in [0.25, 0.3) is 0 Å². The van der Waals surface area contributed by atoms with Crippen molar-refractivity contribution in [1.82, 2.24) is 0 Å². The highest BCUT2D eigenvalue weighted by molar-refractivity contribution is 5.09. The van der Waals surface area contributed by atoms with Gasteiger partial charge in [-0.25, -0.2) is 0 Å². The lowest BCUT2D eigenvalue weighted by Crippen LogP contribution is -2.08. The van der Waals surface area contributed by atoms with Crippen molar-refractivity contribution in [2.45, 2.75) is 19.3 Å². The Morgan fingerprint density at radius 1 is 1.30 bits per heavy atom. The van der Waals surface area contributed by atoms with Crippen molar-refractivity contribution in [1.29, 1.82) is 0 Å². The van der Waals surface area contributed by atoms with Crippen LogP contribution in [0.3, 0.4) is 0 Å². The smallest absolute Gasteiger partial charge is 0.0433 e. The molecule has 0 heterocycles. The van der Waals surface area contributed by atoms with Gasteiger partial charge in [0, 0.05) is 6.61 Å². The van der Waals surface area contributed by atoms with Crippen molar-refractivity contribution >= 4 is 0 Å². The third-order valence-corrected chi connectivity index (χ3v) is 2.92. The number of aliphatic hydroxyl groups excluding tert-OH is 1. The fraction of sp³-hybridized carbons (Fsp3) is 0.778. The molecule has 2 aliphatic rings. The van der Waals surface area contributed by atoms with E-state index in [1.165, 1.54) is 12.8 Å². The van der Waals surface area contributed by atoms with E-state index in [0.29, 0.717) is 6.61 Å². The Morgan fingerprint density at radius 3 is 2.70 bits per heavy atom. The minimum Gasteiger partial charge on any atom is -0.396 e. The highest BCUT2D eigenvalue weighted by Gasteiger charge is 2.34. The molecule has 0 aliphatic heterocycles. The van der Waals surface area contributed by atoms with Crippen molar-refractivity contribution in [2.75, 3.05) is 6.61 Å². The molecule has 2 rings (SSSR count). The summed E-state index contributed by atoms with van der Waals surface area (Å²) in [4.78, 5) is 0. The summed E-state index contributed by atoms with van der Waals surface area (Å²) in [6.07, 6.45) is 8.41. The van der Waals surface area contributed by atoms with Gasteiger partial charge in [0.1, 0.15) is 0 Å². The minimum absolute atomic E-state index is 0.377. The summed E-state index contributed by atoms with van der Waals surface area (Å²) >= 11 is 0. The monoisotopic (exact) mass is 138 g/mol. The first-order valence-corrected chi connectivity index (χ1v) is 4.19. The van der Waals surface area contributed by atoms with E-state index >= 15 is 0 Å². The second kappa shape index (κ2) is 2.39. The van der Waals surface area contributed by atoms with E-state index in [9.17, 15) is 0 Å². The Balaban J connectivity index is 1.96. The molecule has 56 valence electrons. The van der Waals surface area contributed by atoms with Gasteiger partial charge in [-0.3, -0.25) is 0 Å². The van der Waals surface area contributed by atoms with Crippen molar-refractivity contribution in [3.05, 3.63) is 12.2 Å². The molecule has 1 fully saturated rings. The number of allylic oxidation sites excluding steroid dienone is 2. The van der Waals surface area contributed by atoms with Crippen molar-refractivity contribution in [2.24, 2.45) is 17.8 Å². The molecule has 1 nitrogen and oxygen atoms in total. The van der Waals surface area contributed by atoms with Gasteiger partial charge >= 0.3 is 0 Å². The Labute approximate surface area is 61.8 Å². The summed E-state index contributed by atoms with van der Waals surface area (Å²) in [7, 11) is 0. The average Bonchev–Trinajstić information content (AvgIpc) is 2.48. The van der Waals surface area contributed by atoms with E-state index in [4.69, 9.17) is 5.11 Å². The molecular formula is C9H14O. The first-order valence-electron chi connectivity index (χ1n) is 4.19. The van der Waals surface area contributed by atoms with Gasteiger partial charge in [0.05, 0.1) is 0 Å². The molecule has 0 aromatic rings. The molecule has 0 aromatic carbocycles. The largest absolute Gasteiger partial charge is 0.396 e. The molecule has 2 bridgehead atoms. The second-order valence-electron chi connectivity index (χ2n) is 3.55. The van der Waals surface area contributed by atoms with Gasteiger partial charge in [0.15, 0.2) is 0 Å². The fourth-order valence-corrected chi connectivity index (χ4v) is 2.39. The van der Waals surface area contributed by atoms with E-state index in [1.54, 1.807) is 0 Å². The van der Waals surface area contributed by atoms with Crippen LogP contribution in [0.25, 0.3) is 0 Å². The zero-order chi connectivity index (χ0) is 6.97. The van der Waals surface area contributed by atoms with Crippen LogP contribution in [-0.2, 0) is 0 Å². The first-order chi connectivity index (χ1) is 4.90. The SMILES string of the molecule is OCC[C@H]1C[C@H]2C=C[C@@H]1C2. The molecule has 1 saturated carbocycles. The molecule has 0 aromatic heterocycles. The molecule has 0 radical (unpaired) electrons. The number of aliphatic hydroxyl groups is 1. The maximum absolute atomic E-state index is 8.73. The highest BCUT2D eigenvalue weighted by Crippen LogP contribution is 2.44. The van der Waals surface area contributed by atoms with Crippen LogP contribution in [0.15, 0.2) is 12.2 Å². The molecule has 1 heteroatoms. The lowest BCUT2D eigenvalue weighted by Gasteiger charge is -2.15. The Hall–Kier alpha value is -0.300. The zero-order valence-electron chi connectivity index (χ0n) is 6.16. The summed E-state index contributed by atoms with van der Waals surface area (Å²) in [6.45, 7) is 0.377. The lowest BCUT2D eigenvalue weighted by molar-refractivity contribution is 0.244. The van der Waals surface area contributed by atoms with Crippen LogP contribution in [0.2, 0.25) is 0 Å². The van der Waals surface area contributed by atoms with Gasteiger partial charge < -0.3 is 5.11 Å². The molecule has 0 saturated heterocycles. The molecule has 10 heavy (non-hydrogen) atoms. The molecule has 0 spiro atoms. The maximum Gasteiger partial charge on any atom is 0.0433 e. The van der Waals surface area contributed by atoms with Gasteiger partial charge in [0.2, 0.25) is 0 Å². The van der Waals surface area contributed by atoms with E-state index in [0.717, 1.165) is 24.2 Å². The predicted octanol–water partition coefficient (Wildman–Crippen LogP) is 1.58. The van der Waals surface area contributed by atoms with Crippen LogP contribution in [0.5, 0.6) is 0 Å². The third kappa shape index (κ3) is 0.891. The summed E-state index contributed by atoms with van der Waals surface area (Å²) in [6, 6.07) is 0. The zero-order valence-corrected chi connectivity index (χ0v) is 6.16. The number of fused-ring (bicyclic) bond motifs is 2. The van der Waals surface area contributed by atoms with Crippen molar-refractivity contribution in [3.63, 3.8) is 0 Å². The molecule has 2 aliphatic carbocycles. The van der Waals surface area contributed by atoms with Crippen LogP contribution in [-0.4, -0.2) is 11.7 Å². The standard InChI is InChI=1S/C9H14O/c10-4-3-9-6-7-1-2-8(9)5-7/h1-2,7-10H,3-6H2/t7-,8+,9-/m0/s1. The van der Waals surface area contributed by atoms with Gasteiger partial charge in [-0.1, -0.05) is 12.2 Å². The summed E-state index contributed by atoms with van der Waals surface area (Å²) in [5, 5.41) is 8.73. The van der Waals surface area contributed by atoms with Crippen LogP contribution in [0, 0.1) is 17.8 Å². The summed E-state index contributed by atoms with van der Waals surface area (Å²) < 4.78 is 0. The Bertz CT molecular complexity index is 151. The number of hydrogen-bond donors (Lipinski definition) is 1. The van der Waals surface area contributed by atoms with E-state index in [-0.39, 0.29) is 0 Å². The summed E-state index contributed by atoms with van der Waals surface area (Å²) in [5.74, 6) is 2.48. The molecule has 0 amide bonds. The van der Waals surface area contributed by atoms with Crippen molar-refractivity contribution < 1.29 is 5.11 Å². The third-order valence-electron chi connectivity index (χ3n) is 2.92. The van der Waals surface area contributed by atoms with Crippen LogP contribution in [0.1, 0.15) is 19.3 Å². The van der Waals surface area contributed by atoms with Crippen LogP contribution in [0.4, 0.5) is 0 Å². The quantitative estimate of drug-likeness (QED) is 0.574. The Kier molecular flexibility index (Phi) is 1.53. The number of hydrogen-bond acceptors (Lipinski definition) is 1. The van der Waals surface area contributed by atoms with E-state index in [1.807, 2.05) is 0 Å². The van der Waals surface area contributed by atoms with Crippen molar-refractivity contribution in [3.8, 4) is 0 Å². The predicted molar refractivity (Wildman–Crippen MR) is 40.5 cm³/mol. The van der Waals surface area contributed by atoms with Crippen LogP contribution < -0.4 is 0 Å². The fourth-order valence-electron chi connectivity index (χ4n) is 2.39. The van der Waals surface area contributed by atoms with Gasteiger partial charge in [-0.15, -0.1) is 0 Å². The molecule has 1 N–H and O–H groups in total. The Morgan fingerprint density at radius 2 is 2.20 bits per heavy atom. The highest BCUT2D eigenvalue weighted by atomic mass is 16.3. The minimum atomic E-state index is 0.377. The first kappa shape index (κ1) is 6.41. The molecule has 0 unspecified atom stereocenters. The van der Waals surface area contributed by atoms with E-state index < -0.39 is 0 Å². The normalized spacial score (nSPS) is 43.1. The molecule has 3 atom stereocenters.